The quantitative estimate of drug-likeness (QED) is 0.225. The molecule has 0 amide bonds. The Morgan fingerprint density at radius 1 is 0.586 bits per heavy atom. The molecule has 0 aromatic heterocycles. The first-order valence-electron chi connectivity index (χ1n) is 10.2. The topological polar surface area (TPSA) is 46.2 Å². The van der Waals surface area contributed by atoms with E-state index in [4.69, 9.17) is 19.9 Å². The van der Waals surface area contributed by atoms with Crippen LogP contribution in [-0.2, 0) is 24.9 Å². The molecule has 0 spiro atoms. The van der Waals surface area contributed by atoms with Gasteiger partial charge in [-0.3, -0.25) is 0 Å². The minimum atomic E-state index is -0.560. The minimum absolute atomic E-state index is 0.311. The van der Waals surface area contributed by atoms with Gasteiger partial charge in [0.05, 0.1) is 0 Å². The number of hydrogen-bond acceptors (Lipinski definition) is 5. The Balaban J connectivity index is 1.68. The van der Waals surface area contributed by atoms with E-state index in [1.54, 1.807) is 0 Å². The van der Waals surface area contributed by atoms with Crippen molar-refractivity contribution in [2.45, 2.75) is 77.4 Å². The second-order valence-electron chi connectivity index (χ2n) is 8.92. The highest BCUT2D eigenvalue weighted by Gasteiger charge is 2.27. The van der Waals surface area contributed by atoms with Crippen LogP contribution in [-0.4, -0.2) is 11.2 Å². The van der Waals surface area contributed by atoms with Crippen molar-refractivity contribution in [1.82, 2.24) is 0 Å². The monoisotopic (exact) mass is 402 g/mol. The summed E-state index contributed by atoms with van der Waals surface area (Å²) in [6.07, 6.45) is 1.50. The molecule has 2 unspecified atom stereocenters. The summed E-state index contributed by atoms with van der Waals surface area (Å²) < 4.78 is 0. The second-order valence-corrected chi connectivity index (χ2v) is 8.92. The third kappa shape index (κ3) is 8.64. The van der Waals surface area contributed by atoms with Crippen LogP contribution in [0.25, 0.3) is 0 Å². The van der Waals surface area contributed by atoms with Gasteiger partial charge in [-0.05, 0) is 78.6 Å². The predicted molar refractivity (Wildman–Crippen MR) is 113 cm³/mol. The lowest BCUT2D eigenvalue weighted by Crippen LogP contribution is -2.29. The molecule has 5 heteroatoms. The summed E-state index contributed by atoms with van der Waals surface area (Å²) in [5.74, 6) is 0.621. The Morgan fingerprint density at radius 3 is 1.28 bits per heavy atom. The molecular formula is C24H34O5. The fourth-order valence-electron chi connectivity index (χ4n) is 3.56. The number of benzene rings is 2. The fraction of sp³-hybridized carbons (Fsp3) is 0.500. The van der Waals surface area contributed by atoms with Crippen LogP contribution >= 0.6 is 0 Å². The van der Waals surface area contributed by atoms with Crippen molar-refractivity contribution in [3.8, 4) is 0 Å². The molecule has 0 aliphatic rings. The summed E-state index contributed by atoms with van der Waals surface area (Å²) in [5.41, 5.74) is 1.38. The second kappa shape index (κ2) is 10.9. The van der Waals surface area contributed by atoms with Gasteiger partial charge in [0.25, 0.3) is 0 Å². The zero-order valence-corrected chi connectivity index (χ0v) is 18.4. The van der Waals surface area contributed by atoms with Crippen LogP contribution in [0.15, 0.2) is 60.7 Å². The Labute approximate surface area is 174 Å². The van der Waals surface area contributed by atoms with Gasteiger partial charge >= 0.3 is 0 Å². The Bertz CT molecular complexity index is 638. The van der Waals surface area contributed by atoms with Gasteiger partial charge in [0.15, 0.2) is 0 Å². The molecule has 0 N–H and O–H groups in total. The molecule has 0 fully saturated rings. The van der Waals surface area contributed by atoms with Gasteiger partial charge in [0.1, 0.15) is 11.2 Å². The highest BCUT2D eigenvalue weighted by molar-refractivity contribution is 5.19. The van der Waals surface area contributed by atoms with Gasteiger partial charge < -0.3 is 0 Å². The van der Waals surface area contributed by atoms with E-state index in [9.17, 15) is 0 Å². The normalized spacial score (nSPS) is 14.6. The molecule has 2 aromatic carbocycles. The molecule has 160 valence electrons. The largest absolute Gasteiger partial charge is 0.198 e. The Kier molecular flexibility index (Phi) is 8.80. The smallest absolute Gasteiger partial charge is 0.102 e. The molecule has 2 atom stereocenters. The maximum atomic E-state index is 5.36. The summed E-state index contributed by atoms with van der Waals surface area (Å²) in [7, 11) is 0. The minimum Gasteiger partial charge on any atom is -0.198 e. The van der Waals surface area contributed by atoms with Crippen LogP contribution in [0.3, 0.4) is 0 Å². The highest BCUT2D eigenvalue weighted by atomic mass is 17.8. The van der Waals surface area contributed by atoms with Crippen molar-refractivity contribution in [3.63, 3.8) is 0 Å². The Morgan fingerprint density at radius 2 is 0.931 bits per heavy atom. The highest BCUT2D eigenvalue weighted by Crippen LogP contribution is 2.29. The first-order valence-corrected chi connectivity index (χ1v) is 10.2. The first-order chi connectivity index (χ1) is 13.7. The van der Waals surface area contributed by atoms with E-state index in [2.05, 4.69) is 43.2 Å². The van der Waals surface area contributed by atoms with Crippen molar-refractivity contribution in [3.05, 3.63) is 71.8 Å². The van der Waals surface area contributed by atoms with Gasteiger partial charge in [0.2, 0.25) is 0 Å². The molecule has 29 heavy (non-hydrogen) atoms. The SMILES string of the molecule is CC(CC(C)(C)OOOOOC(C)(C)CC(C)c1ccccc1)c1ccccc1. The molecule has 0 aliphatic carbocycles. The maximum absolute atomic E-state index is 5.36. The maximum Gasteiger partial charge on any atom is 0.102 e. The molecular weight excluding hydrogens is 368 g/mol. The van der Waals surface area contributed by atoms with Crippen LogP contribution < -0.4 is 0 Å². The fourth-order valence-corrected chi connectivity index (χ4v) is 3.56. The van der Waals surface area contributed by atoms with Crippen molar-refractivity contribution in [2.75, 3.05) is 0 Å². The summed E-state index contributed by atoms with van der Waals surface area (Å²) in [4.78, 5) is 10.7. The molecule has 0 saturated heterocycles. The van der Waals surface area contributed by atoms with E-state index in [-0.39, 0.29) is 0 Å². The molecule has 0 radical (unpaired) electrons. The van der Waals surface area contributed by atoms with Crippen LogP contribution in [0, 0.1) is 0 Å². The lowest BCUT2D eigenvalue weighted by atomic mass is 9.89. The summed E-state index contributed by atoms with van der Waals surface area (Å²) in [6, 6.07) is 20.6. The van der Waals surface area contributed by atoms with Gasteiger partial charge in [-0.15, -0.1) is 0 Å². The van der Waals surface area contributed by atoms with Crippen molar-refractivity contribution < 1.29 is 24.9 Å². The Hall–Kier alpha value is -1.76. The summed E-state index contributed by atoms with van der Waals surface area (Å²) in [5, 5.41) is 14.2. The third-order valence-electron chi connectivity index (χ3n) is 4.91. The van der Waals surface area contributed by atoms with Crippen LogP contribution in [0.2, 0.25) is 0 Å². The number of rotatable bonds is 12. The predicted octanol–water partition coefficient (Wildman–Crippen LogP) is 6.67. The zero-order chi connectivity index (χ0) is 21.3. The van der Waals surface area contributed by atoms with E-state index in [0.29, 0.717) is 11.8 Å². The van der Waals surface area contributed by atoms with E-state index >= 15 is 0 Å². The standard InChI is InChI=1S/C24H34O5/c1-19(21-13-9-7-10-14-21)17-23(3,4)25-27-29-28-26-24(5,6)18-20(2)22-15-11-8-12-16-22/h7-16,19-20H,17-18H2,1-6H3. The van der Waals surface area contributed by atoms with E-state index in [1.807, 2.05) is 64.1 Å². The van der Waals surface area contributed by atoms with Crippen LogP contribution in [0.1, 0.15) is 77.3 Å². The van der Waals surface area contributed by atoms with Gasteiger partial charge in [-0.2, -0.15) is 9.78 Å². The average molecular weight is 403 g/mol. The molecule has 0 aliphatic heterocycles. The summed E-state index contributed by atoms with van der Waals surface area (Å²) >= 11 is 0. The lowest BCUT2D eigenvalue weighted by molar-refractivity contribution is -0.726. The van der Waals surface area contributed by atoms with E-state index in [1.165, 1.54) is 11.1 Å². The van der Waals surface area contributed by atoms with Gasteiger partial charge in [-0.1, -0.05) is 74.5 Å². The summed E-state index contributed by atoms with van der Waals surface area (Å²) in [6.45, 7) is 12.0. The molecule has 0 bridgehead atoms. The van der Waals surface area contributed by atoms with Crippen molar-refractivity contribution in [2.24, 2.45) is 0 Å². The molecule has 0 heterocycles. The first kappa shape index (κ1) is 23.5. The number of hydrogen-bond donors (Lipinski definition) is 0. The molecule has 0 saturated carbocycles. The van der Waals surface area contributed by atoms with E-state index < -0.39 is 11.2 Å². The van der Waals surface area contributed by atoms with Gasteiger partial charge in [0, 0.05) is 0 Å². The van der Waals surface area contributed by atoms with Gasteiger partial charge in [-0.25, -0.2) is 0 Å². The van der Waals surface area contributed by atoms with Crippen LogP contribution in [0.5, 0.6) is 0 Å². The van der Waals surface area contributed by atoms with E-state index in [0.717, 1.165) is 12.8 Å². The molecule has 2 aromatic rings. The van der Waals surface area contributed by atoms with Crippen molar-refractivity contribution in [1.29, 1.82) is 0 Å². The van der Waals surface area contributed by atoms with Crippen LogP contribution in [0.4, 0.5) is 0 Å². The van der Waals surface area contributed by atoms with Crippen molar-refractivity contribution >= 4 is 0 Å². The zero-order valence-electron chi connectivity index (χ0n) is 18.4. The molecule has 2 rings (SSSR count). The lowest BCUT2D eigenvalue weighted by Gasteiger charge is -2.27. The average Bonchev–Trinajstić information content (AvgIpc) is 2.68. The molecule has 5 nitrogen and oxygen atoms in total. The third-order valence-corrected chi connectivity index (χ3v) is 4.91.